The highest BCUT2D eigenvalue weighted by atomic mass is 35.5. The van der Waals surface area contributed by atoms with Gasteiger partial charge in [0, 0.05) is 13.1 Å². The molecule has 1 heterocycles. The van der Waals surface area contributed by atoms with Gasteiger partial charge >= 0.3 is 0 Å². The minimum atomic E-state index is -0.753. The van der Waals surface area contributed by atoms with E-state index in [-0.39, 0.29) is 10.7 Å². The third-order valence-corrected chi connectivity index (χ3v) is 2.95. The van der Waals surface area contributed by atoms with E-state index in [2.05, 4.69) is 0 Å². The molecule has 1 aromatic rings. The molecule has 0 amide bonds. The fraction of sp³-hybridized carbons (Fsp3) is 0.400. The van der Waals surface area contributed by atoms with Crippen molar-refractivity contribution in [2.24, 2.45) is 0 Å². The Morgan fingerprint density at radius 3 is 2.56 bits per heavy atom. The molecule has 1 fully saturated rings. The van der Waals surface area contributed by atoms with Crippen LogP contribution in [0.3, 0.4) is 0 Å². The van der Waals surface area contributed by atoms with Crippen LogP contribution in [-0.2, 0) is 0 Å². The summed E-state index contributed by atoms with van der Waals surface area (Å²) in [6.07, 6.45) is 1.98. The van der Waals surface area contributed by atoms with Gasteiger partial charge in [-0.3, -0.25) is 10.1 Å². The summed E-state index contributed by atoms with van der Waals surface area (Å²) >= 11 is 5.64. The van der Waals surface area contributed by atoms with Crippen molar-refractivity contribution in [1.29, 1.82) is 0 Å². The third-order valence-electron chi connectivity index (χ3n) is 2.66. The molecule has 0 radical (unpaired) electrons. The topological polar surface area (TPSA) is 46.4 Å². The predicted molar refractivity (Wildman–Crippen MR) is 59.5 cm³/mol. The first kappa shape index (κ1) is 11.1. The van der Waals surface area contributed by atoms with Crippen molar-refractivity contribution in [1.82, 2.24) is 0 Å². The van der Waals surface area contributed by atoms with Crippen LogP contribution in [0.1, 0.15) is 12.8 Å². The largest absolute Gasteiger partial charge is 0.366 e. The summed E-state index contributed by atoms with van der Waals surface area (Å²) < 4.78 is 13.2. The van der Waals surface area contributed by atoms with E-state index in [1.807, 2.05) is 4.90 Å². The van der Waals surface area contributed by atoms with E-state index in [1.165, 1.54) is 6.07 Å². The van der Waals surface area contributed by atoms with Gasteiger partial charge in [0.15, 0.2) is 0 Å². The summed E-state index contributed by atoms with van der Waals surface area (Å²) in [5.41, 5.74) is 0.192. The Bertz CT molecular complexity index is 433. The average Bonchev–Trinajstić information content (AvgIpc) is 2.74. The van der Waals surface area contributed by atoms with E-state index in [4.69, 9.17) is 11.6 Å². The predicted octanol–water partition coefficient (Wildman–Crippen LogP) is 2.99. The van der Waals surface area contributed by atoms with Crippen LogP contribution in [0.15, 0.2) is 12.1 Å². The van der Waals surface area contributed by atoms with Crippen molar-refractivity contribution in [2.75, 3.05) is 18.0 Å². The van der Waals surface area contributed by atoms with E-state index in [9.17, 15) is 14.5 Å². The number of benzene rings is 1. The summed E-state index contributed by atoms with van der Waals surface area (Å²) in [4.78, 5) is 12.1. The lowest BCUT2D eigenvalue weighted by molar-refractivity contribution is -0.384. The number of nitro benzene ring substituents is 1. The molecule has 16 heavy (non-hydrogen) atoms. The number of nitrogens with zero attached hydrogens (tertiary/aromatic N) is 2. The maximum absolute atomic E-state index is 13.2. The highest BCUT2D eigenvalue weighted by Crippen LogP contribution is 2.34. The van der Waals surface area contributed by atoms with Crippen LogP contribution in [0.4, 0.5) is 15.8 Å². The standard InChI is InChI=1S/C10H10ClFN2O2/c11-7-5-9(13-3-1-2-4-13)10(14(15)16)6-8(7)12/h5-6H,1-4H2. The first-order valence-corrected chi connectivity index (χ1v) is 5.36. The number of anilines is 1. The van der Waals surface area contributed by atoms with Crippen molar-refractivity contribution in [2.45, 2.75) is 12.8 Å². The van der Waals surface area contributed by atoms with Gasteiger partial charge in [-0.15, -0.1) is 0 Å². The lowest BCUT2D eigenvalue weighted by Crippen LogP contribution is -2.19. The normalized spacial score (nSPS) is 15.5. The fourth-order valence-corrected chi connectivity index (χ4v) is 2.04. The monoisotopic (exact) mass is 244 g/mol. The fourth-order valence-electron chi connectivity index (χ4n) is 1.88. The van der Waals surface area contributed by atoms with Crippen LogP contribution in [0.2, 0.25) is 5.02 Å². The summed E-state index contributed by atoms with van der Waals surface area (Å²) in [5, 5.41) is 10.7. The number of hydrogen-bond donors (Lipinski definition) is 0. The molecule has 0 N–H and O–H groups in total. The van der Waals surface area contributed by atoms with E-state index < -0.39 is 10.7 Å². The van der Waals surface area contributed by atoms with Crippen LogP contribution < -0.4 is 4.90 Å². The molecule has 2 rings (SSSR count). The third kappa shape index (κ3) is 1.95. The number of rotatable bonds is 2. The van der Waals surface area contributed by atoms with E-state index in [0.717, 1.165) is 32.0 Å². The van der Waals surface area contributed by atoms with E-state index in [1.54, 1.807) is 0 Å². The smallest absolute Gasteiger partial charge is 0.295 e. The lowest BCUT2D eigenvalue weighted by Gasteiger charge is -2.17. The van der Waals surface area contributed by atoms with Gasteiger partial charge in [0.2, 0.25) is 0 Å². The highest BCUT2D eigenvalue weighted by molar-refractivity contribution is 6.31. The molecule has 1 saturated heterocycles. The Labute approximate surface area is 96.8 Å². The molecule has 0 bridgehead atoms. The zero-order valence-corrected chi connectivity index (χ0v) is 9.21. The Morgan fingerprint density at radius 1 is 1.38 bits per heavy atom. The van der Waals surface area contributed by atoms with Gasteiger partial charge in [-0.25, -0.2) is 4.39 Å². The average molecular weight is 245 g/mol. The molecule has 0 spiro atoms. The zero-order chi connectivity index (χ0) is 11.7. The first-order chi connectivity index (χ1) is 7.59. The Hall–Kier alpha value is -1.36. The molecule has 4 nitrogen and oxygen atoms in total. The van der Waals surface area contributed by atoms with Crippen molar-refractivity contribution in [3.05, 3.63) is 33.1 Å². The molecule has 0 saturated carbocycles. The second-order valence-electron chi connectivity index (χ2n) is 3.71. The van der Waals surface area contributed by atoms with Crippen LogP contribution in [0, 0.1) is 15.9 Å². The molecule has 0 unspecified atom stereocenters. The molecule has 1 aromatic carbocycles. The molecule has 6 heteroatoms. The maximum atomic E-state index is 13.2. The molecular formula is C10H10ClFN2O2. The van der Waals surface area contributed by atoms with Gasteiger partial charge in [-0.1, -0.05) is 11.6 Å². The van der Waals surface area contributed by atoms with Gasteiger partial charge in [0.1, 0.15) is 11.5 Å². The van der Waals surface area contributed by atoms with Crippen LogP contribution >= 0.6 is 11.6 Å². The van der Waals surface area contributed by atoms with Gasteiger partial charge in [-0.2, -0.15) is 0 Å². The molecule has 1 aliphatic heterocycles. The SMILES string of the molecule is O=[N+]([O-])c1cc(F)c(Cl)cc1N1CCCC1. The first-order valence-electron chi connectivity index (χ1n) is 4.98. The minimum Gasteiger partial charge on any atom is -0.366 e. The van der Waals surface area contributed by atoms with E-state index in [0.29, 0.717) is 5.69 Å². The summed E-state index contributed by atoms with van der Waals surface area (Å²) in [7, 11) is 0. The molecular weight excluding hydrogens is 235 g/mol. The van der Waals surface area contributed by atoms with Crippen LogP contribution in [0.25, 0.3) is 0 Å². The number of halogens is 2. The summed E-state index contributed by atoms with van der Waals surface area (Å²) in [6, 6.07) is 2.22. The van der Waals surface area contributed by atoms with Crippen LogP contribution in [0.5, 0.6) is 0 Å². The Kier molecular flexibility index (Phi) is 2.96. The van der Waals surface area contributed by atoms with Gasteiger partial charge in [0.05, 0.1) is 16.0 Å². The number of nitro groups is 1. The molecule has 86 valence electrons. The minimum absolute atomic E-state index is 0.0764. The molecule has 0 atom stereocenters. The van der Waals surface area contributed by atoms with Crippen molar-refractivity contribution in [3.8, 4) is 0 Å². The Balaban J connectivity index is 2.48. The zero-order valence-electron chi connectivity index (χ0n) is 8.45. The second-order valence-corrected chi connectivity index (χ2v) is 4.11. The van der Waals surface area contributed by atoms with Gasteiger partial charge in [0.25, 0.3) is 5.69 Å². The van der Waals surface area contributed by atoms with Crippen molar-refractivity contribution >= 4 is 23.0 Å². The van der Waals surface area contributed by atoms with Crippen molar-refractivity contribution in [3.63, 3.8) is 0 Å². The van der Waals surface area contributed by atoms with Gasteiger partial charge < -0.3 is 4.90 Å². The molecule has 0 aromatic heterocycles. The molecule has 0 aliphatic carbocycles. The quantitative estimate of drug-likeness (QED) is 0.594. The second kappa shape index (κ2) is 4.25. The van der Waals surface area contributed by atoms with Gasteiger partial charge in [-0.05, 0) is 18.9 Å². The van der Waals surface area contributed by atoms with Crippen LogP contribution in [-0.4, -0.2) is 18.0 Å². The highest BCUT2D eigenvalue weighted by Gasteiger charge is 2.24. The summed E-state index contributed by atoms with van der Waals surface area (Å²) in [6.45, 7) is 1.51. The maximum Gasteiger partial charge on any atom is 0.295 e. The molecule has 1 aliphatic rings. The Morgan fingerprint density at radius 2 is 2.00 bits per heavy atom. The van der Waals surface area contributed by atoms with E-state index >= 15 is 0 Å². The number of hydrogen-bond acceptors (Lipinski definition) is 3. The van der Waals surface area contributed by atoms with Crippen molar-refractivity contribution < 1.29 is 9.31 Å². The summed E-state index contributed by atoms with van der Waals surface area (Å²) in [5.74, 6) is -0.753. The lowest BCUT2D eigenvalue weighted by atomic mass is 10.2.